The zero-order valence-corrected chi connectivity index (χ0v) is 10.8. The molecule has 1 saturated carbocycles. The number of nitrogens with one attached hydrogen (secondary N) is 1. The number of cyclic esters (lactones) is 1. The summed E-state index contributed by atoms with van der Waals surface area (Å²) in [4.78, 5) is 10.9. The van der Waals surface area contributed by atoms with Gasteiger partial charge in [0.25, 0.3) is 0 Å². The van der Waals surface area contributed by atoms with Crippen molar-refractivity contribution in [2.45, 2.75) is 63.5 Å². The predicted octanol–water partition coefficient (Wildman–Crippen LogP) is 2.50. The number of hydrogen-bond donors (Lipinski definition) is 1. The van der Waals surface area contributed by atoms with E-state index in [9.17, 15) is 13.6 Å². The van der Waals surface area contributed by atoms with Crippen LogP contribution in [0.1, 0.15) is 45.4 Å². The fourth-order valence-electron chi connectivity index (χ4n) is 2.84. The summed E-state index contributed by atoms with van der Waals surface area (Å²) in [6.45, 7) is 2.54. The lowest BCUT2D eigenvalue weighted by molar-refractivity contribution is -0.159. The van der Waals surface area contributed by atoms with E-state index in [1.807, 2.05) is 0 Å². The summed E-state index contributed by atoms with van der Waals surface area (Å²) in [5, 5.41) is 3.30. The molecular formula is C13H21F2NO2. The first-order valence-electron chi connectivity index (χ1n) is 6.81. The molecule has 1 aliphatic carbocycles. The van der Waals surface area contributed by atoms with Crippen LogP contribution < -0.4 is 5.32 Å². The molecule has 2 aliphatic rings. The lowest BCUT2D eigenvalue weighted by atomic mass is 9.97. The normalized spacial score (nSPS) is 36.2. The summed E-state index contributed by atoms with van der Waals surface area (Å²) in [5.74, 6) is -4.10. The van der Waals surface area contributed by atoms with Crippen LogP contribution in [0.25, 0.3) is 0 Å². The van der Waals surface area contributed by atoms with E-state index in [-0.39, 0.29) is 0 Å². The molecule has 0 bridgehead atoms. The maximum atomic E-state index is 13.0. The lowest BCUT2D eigenvalue weighted by Gasteiger charge is -2.24. The molecule has 1 aliphatic heterocycles. The molecule has 104 valence electrons. The van der Waals surface area contributed by atoms with Crippen molar-refractivity contribution in [1.29, 1.82) is 0 Å². The van der Waals surface area contributed by atoms with Crippen LogP contribution in [0.5, 0.6) is 0 Å². The Morgan fingerprint density at radius 2 is 2.06 bits per heavy atom. The Kier molecular flexibility index (Phi) is 4.20. The highest BCUT2D eigenvalue weighted by molar-refractivity contribution is 5.79. The van der Waals surface area contributed by atoms with Gasteiger partial charge in [-0.25, -0.2) is 4.79 Å². The number of halogens is 2. The van der Waals surface area contributed by atoms with Gasteiger partial charge in [0.2, 0.25) is 0 Å². The van der Waals surface area contributed by atoms with Gasteiger partial charge < -0.3 is 10.1 Å². The first-order chi connectivity index (χ1) is 8.49. The first-order valence-corrected chi connectivity index (χ1v) is 6.81. The number of carbonyl (C=O) groups is 1. The van der Waals surface area contributed by atoms with Crippen LogP contribution in [-0.2, 0) is 9.53 Å². The highest BCUT2D eigenvalue weighted by Gasteiger charge is 2.50. The van der Waals surface area contributed by atoms with Gasteiger partial charge in [0.05, 0.1) is 6.42 Å². The van der Waals surface area contributed by atoms with Gasteiger partial charge in [-0.1, -0.05) is 26.2 Å². The van der Waals surface area contributed by atoms with Gasteiger partial charge in [-0.2, -0.15) is 8.78 Å². The zero-order valence-electron chi connectivity index (χ0n) is 10.8. The second kappa shape index (κ2) is 5.51. The highest BCUT2D eigenvalue weighted by atomic mass is 19.3. The van der Waals surface area contributed by atoms with Gasteiger partial charge in [-0.05, 0) is 18.8 Å². The van der Waals surface area contributed by atoms with Crippen LogP contribution in [0, 0.1) is 5.92 Å². The maximum absolute atomic E-state index is 13.0. The molecule has 1 saturated heterocycles. The van der Waals surface area contributed by atoms with Crippen molar-refractivity contribution < 1.29 is 18.3 Å². The molecule has 0 aromatic carbocycles. The zero-order chi connectivity index (χ0) is 13.2. The molecule has 0 spiro atoms. The van der Waals surface area contributed by atoms with Crippen LogP contribution >= 0.6 is 0 Å². The second-order valence-electron chi connectivity index (χ2n) is 5.57. The van der Waals surface area contributed by atoms with Crippen LogP contribution in [0.15, 0.2) is 0 Å². The number of hydrogen-bond acceptors (Lipinski definition) is 3. The van der Waals surface area contributed by atoms with Crippen molar-refractivity contribution in [3.8, 4) is 0 Å². The Morgan fingerprint density at radius 1 is 1.33 bits per heavy atom. The molecule has 3 nitrogen and oxygen atoms in total. The van der Waals surface area contributed by atoms with Crippen molar-refractivity contribution in [3.63, 3.8) is 0 Å². The maximum Gasteiger partial charge on any atom is 0.377 e. The van der Waals surface area contributed by atoms with Crippen molar-refractivity contribution in [2.75, 3.05) is 6.54 Å². The third kappa shape index (κ3) is 3.19. The summed E-state index contributed by atoms with van der Waals surface area (Å²) >= 11 is 0. The summed E-state index contributed by atoms with van der Waals surface area (Å²) in [7, 11) is 0. The highest BCUT2D eigenvalue weighted by Crippen LogP contribution is 2.31. The number of alkyl halides is 2. The third-order valence-electron chi connectivity index (χ3n) is 4.03. The van der Waals surface area contributed by atoms with Crippen molar-refractivity contribution in [2.24, 2.45) is 5.92 Å². The van der Waals surface area contributed by atoms with E-state index >= 15 is 0 Å². The minimum Gasteiger partial charge on any atom is -0.456 e. The van der Waals surface area contributed by atoms with Crippen LogP contribution in [0.3, 0.4) is 0 Å². The number of esters is 1. The Hall–Kier alpha value is -0.710. The number of rotatable bonds is 3. The Bertz CT molecular complexity index is 309. The summed E-state index contributed by atoms with van der Waals surface area (Å²) in [6.07, 6.45) is 4.77. The second-order valence-corrected chi connectivity index (χ2v) is 5.57. The molecule has 0 aromatic heterocycles. The Labute approximate surface area is 106 Å². The van der Waals surface area contributed by atoms with E-state index in [0.29, 0.717) is 18.5 Å². The van der Waals surface area contributed by atoms with Crippen LogP contribution in [0.2, 0.25) is 0 Å². The molecule has 0 amide bonds. The fraction of sp³-hybridized carbons (Fsp3) is 0.923. The molecule has 18 heavy (non-hydrogen) atoms. The van der Waals surface area contributed by atoms with E-state index in [2.05, 4.69) is 17.0 Å². The molecule has 5 heteroatoms. The molecule has 2 rings (SSSR count). The van der Waals surface area contributed by atoms with Crippen molar-refractivity contribution in [1.82, 2.24) is 5.32 Å². The summed E-state index contributed by atoms with van der Waals surface area (Å²) in [6, 6.07) is 0.362. The number of ether oxygens (including phenoxy) is 1. The van der Waals surface area contributed by atoms with Crippen molar-refractivity contribution >= 4 is 5.97 Å². The van der Waals surface area contributed by atoms with Crippen molar-refractivity contribution in [3.05, 3.63) is 0 Å². The molecule has 3 atom stereocenters. The minimum absolute atomic E-state index is 0.344. The van der Waals surface area contributed by atoms with Gasteiger partial charge in [0, 0.05) is 12.6 Å². The van der Waals surface area contributed by atoms with E-state index < -0.39 is 24.4 Å². The molecule has 1 heterocycles. The topological polar surface area (TPSA) is 38.3 Å². The van der Waals surface area contributed by atoms with E-state index in [1.54, 1.807) is 0 Å². The Balaban J connectivity index is 1.79. The molecule has 3 unspecified atom stereocenters. The third-order valence-corrected chi connectivity index (χ3v) is 4.03. The summed E-state index contributed by atoms with van der Waals surface area (Å²) < 4.78 is 30.7. The quantitative estimate of drug-likeness (QED) is 0.626. The largest absolute Gasteiger partial charge is 0.456 e. The van der Waals surface area contributed by atoms with Gasteiger partial charge >= 0.3 is 11.9 Å². The molecule has 0 radical (unpaired) electrons. The average Bonchev–Trinajstić information content (AvgIpc) is 2.48. The smallest absolute Gasteiger partial charge is 0.377 e. The molecule has 2 fully saturated rings. The minimum atomic E-state index is -3.29. The van der Waals surface area contributed by atoms with Crippen LogP contribution in [0.4, 0.5) is 8.78 Å². The van der Waals surface area contributed by atoms with E-state index in [4.69, 9.17) is 0 Å². The van der Waals surface area contributed by atoms with Gasteiger partial charge in [-0.3, -0.25) is 0 Å². The molecule has 0 aromatic rings. The molecular weight excluding hydrogens is 240 g/mol. The summed E-state index contributed by atoms with van der Waals surface area (Å²) in [5.41, 5.74) is 0. The number of carbonyl (C=O) groups excluding carboxylic acids is 1. The van der Waals surface area contributed by atoms with E-state index in [0.717, 1.165) is 6.42 Å². The Morgan fingerprint density at radius 3 is 2.72 bits per heavy atom. The fourth-order valence-corrected chi connectivity index (χ4v) is 2.84. The van der Waals surface area contributed by atoms with Gasteiger partial charge in [-0.15, -0.1) is 0 Å². The predicted molar refractivity (Wildman–Crippen MR) is 63.5 cm³/mol. The van der Waals surface area contributed by atoms with E-state index in [1.165, 1.54) is 25.7 Å². The van der Waals surface area contributed by atoms with Gasteiger partial charge in [0.15, 0.2) is 0 Å². The standard InChI is InChI=1S/C13H21F2NO2/c1-9-5-3-2-4-6-11(9)16-8-10-7-13(14,15)12(17)18-10/h9-11,16H,2-8H2,1H3. The lowest BCUT2D eigenvalue weighted by Crippen LogP contribution is -2.39. The SMILES string of the molecule is CC1CCCCCC1NCC1CC(F)(F)C(=O)O1. The average molecular weight is 261 g/mol. The molecule has 1 N–H and O–H groups in total. The van der Waals surface area contributed by atoms with Gasteiger partial charge in [0.1, 0.15) is 6.10 Å². The van der Waals surface area contributed by atoms with Crippen LogP contribution in [-0.4, -0.2) is 30.6 Å². The first kappa shape index (κ1) is 13.7. The monoisotopic (exact) mass is 261 g/mol.